The van der Waals surface area contributed by atoms with Gasteiger partial charge in [0.2, 0.25) is 0 Å². The maximum atomic E-state index is 14.9. The Bertz CT molecular complexity index is 1200. The van der Waals surface area contributed by atoms with E-state index in [1.165, 1.54) is 17.0 Å². The third-order valence-corrected chi connectivity index (χ3v) is 6.60. The van der Waals surface area contributed by atoms with Crippen LogP contribution in [0.25, 0.3) is 22.5 Å². The van der Waals surface area contributed by atoms with E-state index in [-0.39, 0.29) is 23.4 Å². The van der Waals surface area contributed by atoms with Crippen LogP contribution in [-0.4, -0.2) is 56.0 Å². The van der Waals surface area contributed by atoms with Gasteiger partial charge in [-0.15, -0.1) is 0 Å². The standard InChI is InChI=1S/C23H25FN6O2/c1-29-12-27-17(9-22(29)32)13-3-5-15(20(31)7-13)18-10-26-21(11-25-18)30(2)19-8-14-4-6-16(28-14)23(19)24/h3,5,7,9-12,14,16,19,23,28,31H,4,6,8H2,1-2H3/t14-,16+,19-,23+/m1/s1. The van der Waals surface area contributed by atoms with Crippen LogP contribution in [0.5, 0.6) is 5.75 Å². The number of rotatable bonds is 4. The van der Waals surface area contributed by atoms with Crippen molar-refractivity contribution in [1.82, 2.24) is 24.8 Å². The Morgan fingerprint density at radius 1 is 1.16 bits per heavy atom. The van der Waals surface area contributed by atoms with Crippen molar-refractivity contribution in [3.8, 4) is 28.3 Å². The molecule has 3 aromatic rings. The highest BCUT2D eigenvalue weighted by molar-refractivity contribution is 5.72. The molecule has 2 aromatic heterocycles. The second-order valence-electron chi connectivity index (χ2n) is 8.62. The molecule has 1 aromatic carbocycles. The maximum Gasteiger partial charge on any atom is 0.253 e. The number of halogens is 1. The van der Waals surface area contributed by atoms with Crippen molar-refractivity contribution in [2.75, 3.05) is 11.9 Å². The zero-order valence-electron chi connectivity index (χ0n) is 17.9. The highest BCUT2D eigenvalue weighted by Gasteiger charge is 2.43. The van der Waals surface area contributed by atoms with Crippen LogP contribution in [0.2, 0.25) is 0 Å². The number of benzene rings is 1. The molecule has 8 nitrogen and oxygen atoms in total. The quantitative estimate of drug-likeness (QED) is 0.648. The van der Waals surface area contributed by atoms with Gasteiger partial charge in [0, 0.05) is 43.4 Å². The minimum absolute atomic E-state index is 0.0131. The Morgan fingerprint density at radius 3 is 2.72 bits per heavy atom. The van der Waals surface area contributed by atoms with E-state index in [1.54, 1.807) is 37.6 Å². The third kappa shape index (κ3) is 3.62. The molecule has 2 saturated heterocycles. The summed E-state index contributed by atoms with van der Waals surface area (Å²) in [6.07, 6.45) is 6.34. The molecular formula is C23H25FN6O2. The van der Waals surface area contributed by atoms with E-state index in [4.69, 9.17) is 0 Å². The molecule has 0 aliphatic carbocycles. The first-order valence-electron chi connectivity index (χ1n) is 10.7. The molecular weight excluding hydrogens is 411 g/mol. The van der Waals surface area contributed by atoms with Crippen molar-refractivity contribution in [3.63, 3.8) is 0 Å². The first-order valence-corrected chi connectivity index (χ1v) is 10.7. The number of anilines is 1. The molecule has 4 atom stereocenters. The summed E-state index contributed by atoms with van der Waals surface area (Å²) in [5, 5.41) is 13.9. The van der Waals surface area contributed by atoms with Crippen molar-refractivity contribution in [1.29, 1.82) is 0 Å². The Balaban J connectivity index is 1.37. The SMILES string of the molecule is CN(c1cnc(-c2ccc(-c3cc(=O)n(C)cn3)cc2O)cn1)[C@@H]1C[C@H]2CC[C@H](N2)[C@@H]1F. The van der Waals surface area contributed by atoms with E-state index in [9.17, 15) is 14.3 Å². The van der Waals surface area contributed by atoms with Gasteiger partial charge in [-0.1, -0.05) is 6.07 Å². The van der Waals surface area contributed by atoms with Gasteiger partial charge in [-0.3, -0.25) is 9.78 Å². The van der Waals surface area contributed by atoms with Gasteiger partial charge >= 0.3 is 0 Å². The van der Waals surface area contributed by atoms with Crippen LogP contribution in [0.15, 0.2) is 47.8 Å². The van der Waals surface area contributed by atoms with Crippen LogP contribution in [0.4, 0.5) is 10.2 Å². The van der Waals surface area contributed by atoms with Crippen molar-refractivity contribution in [2.45, 2.75) is 43.6 Å². The van der Waals surface area contributed by atoms with Gasteiger partial charge in [0.25, 0.3) is 5.56 Å². The number of phenolic OH excluding ortho intramolecular Hbond substituents is 1. The monoisotopic (exact) mass is 436 g/mol. The zero-order chi connectivity index (χ0) is 22.4. The van der Waals surface area contributed by atoms with Crippen LogP contribution in [-0.2, 0) is 7.05 Å². The summed E-state index contributed by atoms with van der Waals surface area (Å²) in [5.74, 6) is 0.613. The number of phenols is 1. The van der Waals surface area contributed by atoms with Crippen molar-refractivity contribution < 1.29 is 9.50 Å². The number of nitrogens with zero attached hydrogens (tertiary/aromatic N) is 5. The average molecular weight is 436 g/mol. The van der Waals surface area contributed by atoms with Crippen molar-refractivity contribution >= 4 is 5.82 Å². The largest absolute Gasteiger partial charge is 0.507 e. The fourth-order valence-electron chi connectivity index (χ4n) is 4.69. The van der Waals surface area contributed by atoms with E-state index in [0.717, 1.165) is 19.3 Å². The first kappa shape index (κ1) is 20.6. The van der Waals surface area contributed by atoms with Crippen molar-refractivity contribution in [2.24, 2.45) is 7.05 Å². The summed E-state index contributed by atoms with van der Waals surface area (Å²) in [6.45, 7) is 0. The molecule has 2 aliphatic heterocycles. The van der Waals surface area contributed by atoms with E-state index in [1.807, 2.05) is 11.9 Å². The topological polar surface area (TPSA) is 96.2 Å². The Labute approximate surface area is 184 Å². The fourth-order valence-corrected chi connectivity index (χ4v) is 4.69. The normalized spacial score (nSPS) is 24.5. The second kappa shape index (κ2) is 7.98. The molecule has 0 amide bonds. The molecule has 5 rings (SSSR count). The molecule has 0 saturated carbocycles. The summed E-state index contributed by atoms with van der Waals surface area (Å²) < 4.78 is 16.3. The highest BCUT2D eigenvalue weighted by Crippen LogP contribution is 2.34. The number of nitrogens with one attached hydrogen (secondary N) is 1. The average Bonchev–Trinajstić information content (AvgIpc) is 3.21. The zero-order valence-corrected chi connectivity index (χ0v) is 17.9. The molecule has 2 fully saturated rings. The van der Waals surface area contributed by atoms with Crippen LogP contribution in [0, 0.1) is 0 Å². The number of fused-ring (bicyclic) bond motifs is 2. The van der Waals surface area contributed by atoms with Gasteiger partial charge < -0.3 is 19.9 Å². The summed E-state index contributed by atoms with van der Waals surface area (Å²) in [6, 6.07) is 6.52. The molecule has 2 aliphatic rings. The molecule has 4 heterocycles. The van der Waals surface area contributed by atoms with Crippen LogP contribution in [0.3, 0.4) is 0 Å². The molecule has 2 bridgehead atoms. The lowest BCUT2D eigenvalue weighted by atomic mass is 9.96. The predicted molar refractivity (Wildman–Crippen MR) is 119 cm³/mol. The van der Waals surface area contributed by atoms with Gasteiger partial charge in [-0.2, -0.15) is 0 Å². The minimum Gasteiger partial charge on any atom is -0.507 e. The third-order valence-electron chi connectivity index (χ3n) is 6.60. The molecule has 0 radical (unpaired) electrons. The lowest BCUT2D eigenvalue weighted by molar-refractivity contribution is 0.176. The van der Waals surface area contributed by atoms with Crippen LogP contribution < -0.4 is 15.8 Å². The van der Waals surface area contributed by atoms with E-state index >= 15 is 0 Å². The highest BCUT2D eigenvalue weighted by atomic mass is 19.1. The van der Waals surface area contributed by atoms with Crippen LogP contribution >= 0.6 is 0 Å². The lowest BCUT2D eigenvalue weighted by Crippen LogP contribution is -2.55. The Morgan fingerprint density at radius 2 is 2.00 bits per heavy atom. The number of hydrogen-bond acceptors (Lipinski definition) is 7. The maximum absolute atomic E-state index is 14.9. The van der Waals surface area contributed by atoms with Gasteiger partial charge in [0.1, 0.15) is 17.7 Å². The summed E-state index contributed by atoms with van der Waals surface area (Å²) in [5.41, 5.74) is 1.95. The molecule has 0 unspecified atom stereocenters. The Kier molecular flexibility index (Phi) is 5.13. The molecule has 9 heteroatoms. The van der Waals surface area contributed by atoms with Gasteiger partial charge in [0.05, 0.1) is 36.2 Å². The number of piperidine rings is 1. The number of alkyl halides is 1. The van der Waals surface area contributed by atoms with Crippen LogP contribution in [0.1, 0.15) is 19.3 Å². The number of aromatic nitrogens is 4. The molecule has 2 N–H and O–H groups in total. The van der Waals surface area contributed by atoms with E-state index in [0.29, 0.717) is 34.4 Å². The molecule has 166 valence electrons. The number of aryl methyl sites for hydroxylation is 1. The number of aromatic hydroxyl groups is 1. The smallest absolute Gasteiger partial charge is 0.253 e. The summed E-state index contributed by atoms with van der Waals surface area (Å²) >= 11 is 0. The lowest BCUT2D eigenvalue weighted by Gasteiger charge is -2.38. The van der Waals surface area contributed by atoms with E-state index < -0.39 is 6.17 Å². The van der Waals surface area contributed by atoms with Gasteiger partial charge in [-0.25, -0.2) is 14.4 Å². The van der Waals surface area contributed by atoms with Gasteiger partial charge in [0.15, 0.2) is 0 Å². The van der Waals surface area contributed by atoms with Gasteiger partial charge in [-0.05, 0) is 31.4 Å². The molecule has 0 spiro atoms. The van der Waals surface area contributed by atoms with Crippen molar-refractivity contribution in [3.05, 3.63) is 53.3 Å². The predicted octanol–water partition coefficient (Wildman–Crippen LogP) is 2.28. The Hall–Kier alpha value is -3.33. The minimum atomic E-state index is -0.944. The van der Waals surface area contributed by atoms with E-state index in [2.05, 4.69) is 20.3 Å². The first-order chi connectivity index (χ1) is 15.4. The number of hydrogen-bond donors (Lipinski definition) is 2. The summed E-state index contributed by atoms with van der Waals surface area (Å²) in [7, 11) is 3.48. The second-order valence-corrected chi connectivity index (χ2v) is 8.62. The molecule has 32 heavy (non-hydrogen) atoms. The summed E-state index contributed by atoms with van der Waals surface area (Å²) in [4.78, 5) is 26.9. The fraction of sp³-hybridized carbons (Fsp3) is 0.391.